The average molecular weight is 324 g/mol. The Kier molecular flexibility index (Phi) is 3.89. The molecular weight excluding hydrogens is 317 g/mol. The molecule has 2 aromatic rings. The van der Waals surface area contributed by atoms with E-state index in [2.05, 4.69) is 31.3 Å². The van der Waals surface area contributed by atoms with Crippen molar-refractivity contribution in [1.29, 1.82) is 5.26 Å². The van der Waals surface area contributed by atoms with E-state index in [-0.39, 0.29) is 23.1 Å². The molecule has 0 aliphatic heterocycles. The summed E-state index contributed by atoms with van der Waals surface area (Å²) < 4.78 is 19.3. The van der Waals surface area contributed by atoms with E-state index >= 15 is 0 Å². The summed E-state index contributed by atoms with van der Waals surface area (Å²) in [5.41, 5.74) is 2.06. The van der Waals surface area contributed by atoms with Gasteiger partial charge in [0.25, 0.3) is 0 Å². The monoisotopic (exact) mass is 323 g/mol. The second kappa shape index (κ2) is 5.60. The molecule has 19 heavy (non-hydrogen) atoms. The summed E-state index contributed by atoms with van der Waals surface area (Å²) in [6, 6.07) is 5.80. The van der Waals surface area contributed by atoms with E-state index in [0.717, 1.165) is 0 Å². The second-order valence-electron chi connectivity index (χ2n) is 3.32. The maximum Gasteiger partial charge on any atom is 0.240 e. The number of benzene rings is 1. The van der Waals surface area contributed by atoms with Gasteiger partial charge in [-0.2, -0.15) is 10.2 Å². The summed E-state index contributed by atoms with van der Waals surface area (Å²) in [4.78, 5) is 7.79. The van der Waals surface area contributed by atoms with Gasteiger partial charge in [-0.15, -0.1) is 0 Å². The quantitative estimate of drug-likeness (QED) is 0.664. The van der Waals surface area contributed by atoms with Crippen LogP contribution in [0.2, 0.25) is 0 Å². The molecule has 0 saturated carbocycles. The SMILES string of the molecule is N#Cc1c(F)cccc1Oc1nc(NN)ncc1Br. The first-order valence-corrected chi connectivity index (χ1v) is 5.80. The standard InChI is InChI=1S/C11H7BrFN5O/c12-7-5-16-11(18-15)17-10(7)19-9-3-1-2-8(13)6(9)4-14/h1-3,5H,15H2,(H,16,17,18). The molecule has 0 atom stereocenters. The Morgan fingerprint density at radius 3 is 2.95 bits per heavy atom. The number of halogens is 2. The fourth-order valence-corrected chi connectivity index (χ4v) is 1.57. The molecule has 0 amide bonds. The zero-order valence-corrected chi connectivity index (χ0v) is 11.0. The molecule has 6 nitrogen and oxygen atoms in total. The number of nitrogens with zero attached hydrogens (tertiary/aromatic N) is 3. The highest BCUT2D eigenvalue weighted by Crippen LogP contribution is 2.30. The van der Waals surface area contributed by atoms with Gasteiger partial charge in [-0.3, -0.25) is 5.43 Å². The lowest BCUT2D eigenvalue weighted by Gasteiger charge is -2.09. The van der Waals surface area contributed by atoms with E-state index in [1.54, 1.807) is 6.07 Å². The summed E-state index contributed by atoms with van der Waals surface area (Å²) in [6.07, 6.45) is 1.42. The fourth-order valence-electron chi connectivity index (χ4n) is 1.29. The van der Waals surface area contributed by atoms with Gasteiger partial charge in [-0.05, 0) is 28.1 Å². The lowest BCUT2D eigenvalue weighted by Crippen LogP contribution is -2.10. The van der Waals surface area contributed by atoms with E-state index < -0.39 is 5.82 Å². The fraction of sp³-hybridized carbons (Fsp3) is 0. The third-order valence-electron chi connectivity index (χ3n) is 2.13. The van der Waals surface area contributed by atoms with Crippen LogP contribution in [0.3, 0.4) is 0 Å². The van der Waals surface area contributed by atoms with Gasteiger partial charge >= 0.3 is 0 Å². The lowest BCUT2D eigenvalue weighted by atomic mass is 10.2. The van der Waals surface area contributed by atoms with E-state index in [0.29, 0.717) is 4.47 Å². The molecule has 0 spiro atoms. The van der Waals surface area contributed by atoms with E-state index in [9.17, 15) is 4.39 Å². The van der Waals surface area contributed by atoms with Crippen LogP contribution in [0.25, 0.3) is 0 Å². The number of nitrogen functional groups attached to an aromatic ring is 1. The minimum absolute atomic E-state index is 0.0601. The van der Waals surface area contributed by atoms with Gasteiger partial charge in [0.2, 0.25) is 11.8 Å². The molecule has 1 heterocycles. The van der Waals surface area contributed by atoms with Gasteiger partial charge in [-0.25, -0.2) is 15.2 Å². The van der Waals surface area contributed by atoms with Crippen LogP contribution in [0, 0.1) is 17.1 Å². The molecule has 96 valence electrons. The van der Waals surface area contributed by atoms with Crippen molar-refractivity contribution in [3.63, 3.8) is 0 Å². The number of nitrogens with two attached hydrogens (primary N) is 1. The first-order valence-electron chi connectivity index (χ1n) is 5.01. The highest BCUT2D eigenvalue weighted by molar-refractivity contribution is 9.10. The van der Waals surface area contributed by atoms with Crippen molar-refractivity contribution in [2.45, 2.75) is 0 Å². The zero-order valence-electron chi connectivity index (χ0n) is 9.39. The maximum atomic E-state index is 13.4. The highest BCUT2D eigenvalue weighted by Gasteiger charge is 2.13. The first-order chi connectivity index (χ1) is 9.15. The van der Waals surface area contributed by atoms with Gasteiger partial charge in [0.1, 0.15) is 23.2 Å². The molecule has 0 bridgehead atoms. The van der Waals surface area contributed by atoms with Gasteiger partial charge in [0.15, 0.2) is 0 Å². The highest BCUT2D eigenvalue weighted by atomic mass is 79.9. The predicted molar refractivity (Wildman–Crippen MR) is 68.7 cm³/mol. The molecule has 3 N–H and O–H groups in total. The Morgan fingerprint density at radius 2 is 2.26 bits per heavy atom. The summed E-state index contributed by atoms with van der Waals surface area (Å²) >= 11 is 3.19. The topological polar surface area (TPSA) is 96.8 Å². The largest absolute Gasteiger partial charge is 0.436 e. The van der Waals surface area contributed by atoms with Gasteiger partial charge in [0, 0.05) is 0 Å². The van der Waals surface area contributed by atoms with Gasteiger partial charge < -0.3 is 4.74 Å². The molecule has 2 rings (SSSR count). The molecule has 0 aliphatic carbocycles. The van der Waals surface area contributed by atoms with Crippen LogP contribution in [0.4, 0.5) is 10.3 Å². The van der Waals surface area contributed by atoms with Crippen LogP contribution in [0.5, 0.6) is 11.6 Å². The number of nitrogens with one attached hydrogen (secondary N) is 1. The number of hydrogen-bond acceptors (Lipinski definition) is 6. The molecule has 0 aliphatic rings. The maximum absolute atomic E-state index is 13.4. The minimum Gasteiger partial charge on any atom is -0.436 e. The van der Waals surface area contributed by atoms with Crippen LogP contribution in [0.15, 0.2) is 28.9 Å². The first kappa shape index (κ1) is 13.2. The van der Waals surface area contributed by atoms with Crippen molar-refractivity contribution in [3.05, 3.63) is 40.2 Å². The Balaban J connectivity index is 2.42. The van der Waals surface area contributed by atoms with Crippen LogP contribution in [0.1, 0.15) is 5.56 Å². The summed E-state index contributed by atoms with van der Waals surface area (Å²) in [5, 5.41) is 8.90. The molecule has 0 fully saturated rings. The number of ether oxygens (including phenoxy) is 1. The number of aromatic nitrogens is 2. The van der Waals surface area contributed by atoms with Crippen molar-refractivity contribution in [2.75, 3.05) is 5.43 Å². The smallest absolute Gasteiger partial charge is 0.240 e. The van der Waals surface area contributed by atoms with E-state index in [1.165, 1.54) is 24.4 Å². The molecule has 0 radical (unpaired) electrons. The van der Waals surface area contributed by atoms with Crippen molar-refractivity contribution in [1.82, 2.24) is 9.97 Å². The molecule has 0 saturated heterocycles. The van der Waals surface area contributed by atoms with Crippen LogP contribution < -0.4 is 16.0 Å². The Labute approximate surface area is 116 Å². The van der Waals surface area contributed by atoms with Crippen LogP contribution in [-0.2, 0) is 0 Å². The van der Waals surface area contributed by atoms with Crippen molar-refractivity contribution >= 4 is 21.9 Å². The molecular formula is C11H7BrFN5O. The number of nitriles is 1. The summed E-state index contributed by atoms with van der Waals surface area (Å²) in [7, 11) is 0. The number of anilines is 1. The number of rotatable bonds is 3. The lowest BCUT2D eigenvalue weighted by molar-refractivity contribution is 0.452. The summed E-state index contributed by atoms with van der Waals surface area (Å²) in [6.45, 7) is 0. The summed E-state index contributed by atoms with van der Waals surface area (Å²) in [5.74, 6) is 4.83. The Hall–Kier alpha value is -2.24. The van der Waals surface area contributed by atoms with E-state index in [1.807, 2.05) is 0 Å². The number of hydrogen-bond donors (Lipinski definition) is 2. The van der Waals surface area contributed by atoms with Gasteiger partial charge in [0.05, 0.1) is 10.7 Å². The van der Waals surface area contributed by atoms with Crippen LogP contribution in [-0.4, -0.2) is 9.97 Å². The van der Waals surface area contributed by atoms with E-state index in [4.69, 9.17) is 15.8 Å². The Bertz CT molecular complexity index is 658. The Morgan fingerprint density at radius 1 is 1.47 bits per heavy atom. The molecule has 0 unspecified atom stereocenters. The minimum atomic E-state index is -0.664. The van der Waals surface area contributed by atoms with Gasteiger partial charge in [-0.1, -0.05) is 6.07 Å². The normalized spacial score (nSPS) is 9.79. The third kappa shape index (κ3) is 2.78. The molecule has 8 heteroatoms. The molecule has 1 aromatic carbocycles. The number of hydrazine groups is 1. The third-order valence-corrected chi connectivity index (χ3v) is 2.68. The zero-order chi connectivity index (χ0) is 13.8. The average Bonchev–Trinajstić information content (AvgIpc) is 2.41. The predicted octanol–water partition coefficient (Wildman–Crippen LogP) is 2.33. The second-order valence-corrected chi connectivity index (χ2v) is 4.17. The van der Waals surface area contributed by atoms with Crippen molar-refractivity contribution in [2.24, 2.45) is 5.84 Å². The molecule has 1 aromatic heterocycles. The van der Waals surface area contributed by atoms with Crippen molar-refractivity contribution in [3.8, 4) is 17.7 Å². The van der Waals surface area contributed by atoms with Crippen molar-refractivity contribution < 1.29 is 9.13 Å². The van der Waals surface area contributed by atoms with Crippen LogP contribution >= 0.6 is 15.9 Å².